The van der Waals surface area contributed by atoms with Crippen molar-refractivity contribution < 1.29 is 23.8 Å². The van der Waals surface area contributed by atoms with Gasteiger partial charge in [-0.2, -0.15) is 10.2 Å². The molecule has 2 amide bonds. The molecule has 0 heterocycles. The van der Waals surface area contributed by atoms with Crippen LogP contribution in [-0.4, -0.2) is 37.5 Å². The highest BCUT2D eigenvalue weighted by Crippen LogP contribution is 2.22. The molecule has 2 N–H and O–H groups in total. The van der Waals surface area contributed by atoms with E-state index >= 15 is 0 Å². The Bertz CT molecular complexity index is 1490. The fourth-order valence-corrected chi connectivity index (χ4v) is 3.62. The molecule has 4 rings (SSSR count). The maximum atomic E-state index is 12.5. The molecule has 0 unspecified atom stereocenters. The van der Waals surface area contributed by atoms with E-state index in [-0.39, 0.29) is 11.8 Å². The predicted molar refractivity (Wildman–Crippen MR) is 167 cm³/mol. The van der Waals surface area contributed by atoms with Crippen LogP contribution < -0.4 is 25.1 Å². The molecule has 0 spiro atoms. The number of nitrogens with zero attached hydrogens (tertiary/aromatic N) is 2. The second-order valence-corrected chi connectivity index (χ2v) is 8.89. The van der Waals surface area contributed by atoms with Gasteiger partial charge in [0.15, 0.2) is 0 Å². The van der Waals surface area contributed by atoms with Crippen molar-refractivity contribution in [3.05, 3.63) is 145 Å². The lowest BCUT2D eigenvalue weighted by molar-refractivity contribution is 0.0947. The number of ether oxygens (including phenoxy) is 3. The topological polar surface area (TPSA) is 111 Å². The summed E-state index contributed by atoms with van der Waals surface area (Å²) in [6, 6.07) is 27.8. The Hall–Kier alpha value is -5.96. The smallest absolute Gasteiger partial charge is 0.271 e. The molecular formula is C34H30N4O5. The minimum atomic E-state index is -0.367. The molecule has 0 saturated heterocycles. The third kappa shape index (κ3) is 9.58. The van der Waals surface area contributed by atoms with E-state index in [0.717, 1.165) is 11.1 Å². The third-order valence-corrected chi connectivity index (χ3v) is 5.68. The summed E-state index contributed by atoms with van der Waals surface area (Å²) in [6.45, 7) is 8.06. The number of nitrogens with one attached hydrogen (secondary N) is 2. The van der Waals surface area contributed by atoms with Crippen molar-refractivity contribution in [3.63, 3.8) is 0 Å². The van der Waals surface area contributed by atoms with Gasteiger partial charge in [-0.15, -0.1) is 0 Å². The molecule has 0 aliphatic rings. The highest BCUT2D eigenvalue weighted by molar-refractivity contribution is 5.95. The van der Waals surface area contributed by atoms with E-state index in [1.54, 1.807) is 72.8 Å². The molecule has 0 aliphatic carbocycles. The number of carbonyl (C=O) groups is 2. The molecule has 9 nitrogen and oxygen atoms in total. The molecule has 43 heavy (non-hydrogen) atoms. The molecule has 4 aromatic carbocycles. The van der Waals surface area contributed by atoms with Crippen LogP contribution in [0.4, 0.5) is 0 Å². The van der Waals surface area contributed by atoms with Gasteiger partial charge in [0.05, 0.1) is 12.4 Å². The quantitative estimate of drug-likeness (QED) is 0.107. The number of hydrazone groups is 2. The monoisotopic (exact) mass is 574 g/mol. The van der Waals surface area contributed by atoms with Crippen LogP contribution in [0.3, 0.4) is 0 Å². The minimum Gasteiger partial charge on any atom is -0.490 e. The van der Waals surface area contributed by atoms with Gasteiger partial charge in [0.25, 0.3) is 11.8 Å². The molecule has 0 aromatic heterocycles. The summed E-state index contributed by atoms with van der Waals surface area (Å²) in [5.41, 5.74) is 7.39. The molecule has 216 valence electrons. The fourth-order valence-electron chi connectivity index (χ4n) is 3.62. The molecule has 0 aliphatic heterocycles. The maximum absolute atomic E-state index is 12.5. The van der Waals surface area contributed by atoms with Crippen LogP contribution >= 0.6 is 0 Å². The van der Waals surface area contributed by atoms with Crippen LogP contribution in [0.1, 0.15) is 31.8 Å². The number of hydrogen-bond acceptors (Lipinski definition) is 7. The first-order valence-electron chi connectivity index (χ1n) is 13.3. The molecular weight excluding hydrogens is 544 g/mol. The minimum absolute atomic E-state index is 0.367. The molecule has 9 heteroatoms. The van der Waals surface area contributed by atoms with E-state index in [1.807, 2.05) is 36.4 Å². The lowest BCUT2D eigenvalue weighted by Gasteiger charge is -2.07. The van der Waals surface area contributed by atoms with Gasteiger partial charge in [0, 0.05) is 11.1 Å². The Kier molecular flexibility index (Phi) is 11.0. The Morgan fingerprint density at radius 3 is 1.42 bits per heavy atom. The van der Waals surface area contributed by atoms with Crippen molar-refractivity contribution >= 4 is 24.2 Å². The van der Waals surface area contributed by atoms with E-state index in [9.17, 15) is 9.59 Å². The lowest BCUT2D eigenvalue weighted by Crippen LogP contribution is -2.17. The highest BCUT2D eigenvalue weighted by Gasteiger charge is 2.07. The largest absolute Gasteiger partial charge is 0.490 e. The number of amides is 2. The second kappa shape index (κ2) is 15.7. The van der Waals surface area contributed by atoms with Crippen LogP contribution in [0.25, 0.3) is 0 Å². The summed E-state index contributed by atoms with van der Waals surface area (Å²) >= 11 is 0. The number of rotatable bonds is 14. The van der Waals surface area contributed by atoms with E-state index in [2.05, 4.69) is 34.2 Å². The second-order valence-electron chi connectivity index (χ2n) is 8.89. The number of carbonyl (C=O) groups excluding carboxylic acids is 2. The Morgan fingerprint density at radius 2 is 1.02 bits per heavy atom. The average molecular weight is 575 g/mol. The van der Waals surface area contributed by atoms with Crippen molar-refractivity contribution in [2.45, 2.75) is 0 Å². The number of benzene rings is 4. The first-order chi connectivity index (χ1) is 21.0. The maximum Gasteiger partial charge on any atom is 0.271 e. The zero-order valence-electron chi connectivity index (χ0n) is 23.3. The molecule has 0 saturated carbocycles. The van der Waals surface area contributed by atoms with Crippen molar-refractivity contribution in [3.8, 4) is 23.0 Å². The van der Waals surface area contributed by atoms with E-state index < -0.39 is 0 Å². The van der Waals surface area contributed by atoms with Crippen LogP contribution in [0.2, 0.25) is 0 Å². The normalized spacial score (nSPS) is 10.7. The fraction of sp³-hybridized carbons (Fsp3) is 0.0588. The summed E-state index contributed by atoms with van der Waals surface area (Å²) in [7, 11) is 0. The average Bonchev–Trinajstić information content (AvgIpc) is 3.04. The zero-order chi connectivity index (χ0) is 30.3. The van der Waals surface area contributed by atoms with E-state index in [0.29, 0.717) is 47.3 Å². The Labute approximate surface area is 249 Å². The summed E-state index contributed by atoms with van der Waals surface area (Å²) in [4.78, 5) is 24.9. The third-order valence-electron chi connectivity index (χ3n) is 5.68. The summed E-state index contributed by atoms with van der Waals surface area (Å²) in [6.07, 6.45) is 6.40. The van der Waals surface area contributed by atoms with Gasteiger partial charge in [-0.3, -0.25) is 9.59 Å². The zero-order valence-corrected chi connectivity index (χ0v) is 23.3. The van der Waals surface area contributed by atoms with Crippen molar-refractivity contribution in [1.82, 2.24) is 10.9 Å². The van der Waals surface area contributed by atoms with Gasteiger partial charge in [-0.25, -0.2) is 10.9 Å². The summed E-state index contributed by atoms with van der Waals surface area (Å²) in [5.74, 6) is 1.68. The van der Waals surface area contributed by atoms with Crippen molar-refractivity contribution in [2.75, 3.05) is 13.2 Å². The SMILES string of the molecule is C=CCOc1cccc(/C=N/NC(=O)c2ccc(Oc3ccc(C(=O)N/N=C/c4cccc(OCC=C)c4)cc3)cc2)c1. The Morgan fingerprint density at radius 1 is 0.605 bits per heavy atom. The summed E-state index contributed by atoms with van der Waals surface area (Å²) in [5, 5.41) is 8.04. The number of hydrogen-bond donors (Lipinski definition) is 2. The van der Waals surface area contributed by atoms with Gasteiger partial charge < -0.3 is 14.2 Å². The Balaban J connectivity index is 1.25. The van der Waals surface area contributed by atoms with Gasteiger partial charge >= 0.3 is 0 Å². The first-order valence-corrected chi connectivity index (χ1v) is 13.3. The van der Waals surface area contributed by atoms with Gasteiger partial charge in [-0.05, 0) is 83.9 Å². The highest BCUT2D eigenvalue weighted by atomic mass is 16.5. The van der Waals surface area contributed by atoms with Crippen LogP contribution in [0.5, 0.6) is 23.0 Å². The van der Waals surface area contributed by atoms with E-state index in [4.69, 9.17) is 14.2 Å². The van der Waals surface area contributed by atoms with Gasteiger partial charge in [0.1, 0.15) is 36.2 Å². The first kappa shape index (κ1) is 30.0. The lowest BCUT2D eigenvalue weighted by atomic mass is 10.2. The van der Waals surface area contributed by atoms with Crippen LogP contribution in [0, 0.1) is 0 Å². The van der Waals surface area contributed by atoms with Crippen LogP contribution in [0.15, 0.2) is 133 Å². The van der Waals surface area contributed by atoms with Crippen molar-refractivity contribution in [2.24, 2.45) is 10.2 Å². The van der Waals surface area contributed by atoms with Gasteiger partial charge in [-0.1, -0.05) is 49.6 Å². The van der Waals surface area contributed by atoms with E-state index in [1.165, 1.54) is 12.4 Å². The van der Waals surface area contributed by atoms with Gasteiger partial charge in [0.2, 0.25) is 0 Å². The van der Waals surface area contributed by atoms with Crippen molar-refractivity contribution in [1.29, 1.82) is 0 Å². The molecule has 0 atom stereocenters. The molecule has 4 aromatic rings. The molecule has 0 fully saturated rings. The predicted octanol–water partition coefficient (Wildman–Crippen LogP) is 6.14. The molecule has 0 radical (unpaired) electrons. The molecule has 0 bridgehead atoms. The summed E-state index contributed by atoms with van der Waals surface area (Å²) < 4.78 is 16.8. The standard InChI is InChI=1S/C34H30N4O5/c1-3-19-41-31-9-5-7-25(21-31)23-35-37-33(39)27-11-15-29(16-12-27)43-30-17-13-28(14-18-30)34(40)38-36-24-26-8-6-10-32(22-26)42-20-4-2/h3-18,21-24H,1-2,19-20H2,(H,37,39)(H,38,40)/b35-23+,36-24+. The van der Waals surface area contributed by atoms with Crippen LogP contribution in [-0.2, 0) is 0 Å².